The molecule has 3 aromatic rings. The quantitative estimate of drug-likeness (QED) is 0.244. The molecule has 2 saturated heterocycles. The van der Waals surface area contributed by atoms with Crippen LogP contribution < -0.4 is 4.74 Å². The van der Waals surface area contributed by atoms with Crippen LogP contribution in [0.2, 0.25) is 0 Å². The van der Waals surface area contributed by atoms with Crippen LogP contribution in [0.5, 0.6) is 5.75 Å². The molecule has 2 unspecified atom stereocenters. The zero-order valence-electron chi connectivity index (χ0n) is 21.6. The fraction of sp³-hybridized carbons (Fsp3) is 0.400. The van der Waals surface area contributed by atoms with Crippen molar-refractivity contribution in [3.8, 4) is 5.75 Å². The molecule has 0 spiro atoms. The topological polar surface area (TPSA) is 15.7 Å². The molecule has 0 radical (unpaired) electrons. The molecule has 2 fully saturated rings. The monoisotopic (exact) mass is 626 g/mol. The molecule has 2 aliphatic rings. The second-order valence-corrected chi connectivity index (χ2v) is 11.3. The molecule has 0 saturated carbocycles. The third kappa shape index (κ3) is 7.01. The van der Waals surface area contributed by atoms with E-state index in [2.05, 4.69) is 36.5 Å². The molecule has 0 aromatic heterocycles. The molecule has 0 N–H and O–H groups in total. The van der Waals surface area contributed by atoms with E-state index in [0.717, 1.165) is 72.2 Å². The summed E-state index contributed by atoms with van der Waals surface area (Å²) < 4.78 is 81.6. The van der Waals surface area contributed by atoms with Gasteiger partial charge in [-0.15, -0.1) is 13.2 Å². The highest BCUT2D eigenvalue weighted by Gasteiger charge is 2.41. The third-order valence-corrected chi connectivity index (χ3v) is 8.71. The van der Waals surface area contributed by atoms with Crippen molar-refractivity contribution in [3.05, 3.63) is 99.5 Å². The van der Waals surface area contributed by atoms with Crippen molar-refractivity contribution in [1.82, 2.24) is 9.80 Å². The van der Waals surface area contributed by atoms with Crippen molar-refractivity contribution in [3.63, 3.8) is 0 Å². The SMILES string of the molecule is FC(F)(F)Oc1ccc(C2CC(CN3CCC(c4ccc(C(F)(F)F)cc4)CC3)N2Cc2ccccc2Br)cc1. The normalized spacial score (nSPS) is 21.3. The summed E-state index contributed by atoms with van der Waals surface area (Å²) in [7, 11) is 0. The Morgan fingerprint density at radius 2 is 1.43 bits per heavy atom. The van der Waals surface area contributed by atoms with Gasteiger partial charge in [0.25, 0.3) is 0 Å². The number of hydrogen-bond acceptors (Lipinski definition) is 3. The van der Waals surface area contributed by atoms with Gasteiger partial charge < -0.3 is 9.64 Å². The second-order valence-electron chi connectivity index (χ2n) is 10.5. The Balaban J connectivity index is 1.23. The Labute approximate surface area is 237 Å². The molecule has 5 rings (SSSR count). The van der Waals surface area contributed by atoms with Gasteiger partial charge in [0.1, 0.15) is 5.75 Å². The molecule has 0 amide bonds. The highest BCUT2D eigenvalue weighted by atomic mass is 79.9. The Hall–Kier alpha value is -2.56. The first-order valence-electron chi connectivity index (χ1n) is 13.2. The average molecular weight is 627 g/mol. The van der Waals surface area contributed by atoms with Crippen LogP contribution in [0, 0.1) is 0 Å². The lowest BCUT2D eigenvalue weighted by Crippen LogP contribution is -2.55. The molecule has 2 atom stereocenters. The predicted octanol–water partition coefficient (Wildman–Crippen LogP) is 8.56. The molecular weight excluding hydrogens is 598 g/mol. The highest BCUT2D eigenvalue weighted by Crippen LogP contribution is 2.42. The number of rotatable bonds is 7. The van der Waals surface area contributed by atoms with Crippen molar-refractivity contribution in [2.24, 2.45) is 0 Å². The fourth-order valence-corrected chi connectivity index (χ4v) is 6.21. The first kappa shape index (κ1) is 29.0. The Morgan fingerprint density at radius 1 is 0.800 bits per heavy atom. The van der Waals surface area contributed by atoms with Gasteiger partial charge in [-0.05, 0) is 85.3 Å². The summed E-state index contributed by atoms with van der Waals surface area (Å²) in [6.45, 7) is 3.27. The van der Waals surface area contributed by atoms with Gasteiger partial charge in [0.2, 0.25) is 0 Å². The summed E-state index contributed by atoms with van der Waals surface area (Å²) >= 11 is 3.63. The molecule has 40 heavy (non-hydrogen) atoms. The van der Waals surface area contributed by atoms with Crippen LogP contribution >= 0.6 is 15.9 Å². The lowest BCUT2D eigenvalue weighted by molar-refractivity contribution is -0.274. The Morgan fingerprint density at radius 3 is 2.02 bits per heavy atom. The van der Waals surface area contributed by atoms with Gasteiger partial charge >= 0.3 is 12.5 Å². The smallest absolute Gasteiger partial charge is 0.406 e. The third-order valence-electron chi connectivity index (χ3n) is 7.94. The number of hydrogen-bond donors (Lipinski definition) is 0. The Kier molecular flexibility index (Phi) is 8.50. The van der Waals surface area contributed by atoms with E-state index in [0.29, 0.717) is 6.54 Å². The van der Waals surface area contributed by atoms with Crippen molar-refractivity contribution in [1.29, 1.82) is 0 Å². The van der Waals surface area contributed by atoms with Crippen molar-refractivity contribution in [2.45, 2.75) is 56.3 Å². The summed E-state index contributed by atoms with van der Waals surface area (Å²) in [5, 5.41) is 0. The van der Waals surface area contributed by atoms with Crippen LogP contribution in [0.1, 0.15) is 53.5 Å². The van der Waals surface area contributed by atoms with Gasteiger partial charge in [-0.2, -0.15) is 13.2 Å². The number of alkyl halides is 6. The minimum absolute atomic E-state index is 0.0710. The van der Waals surface area contributed by atoms with E-state index < -0.39 is 18.1 Å². The van der Waals surface area contributed by atoms with Gasteiger partial charge in [-0.1, -0.05) is 58.4 Å². The maximum Gasteiger partial charge on any atom is 0.573 e. The summed E-state index contributed by atoms with van der Waals surface area (Å²) in [6, 6.07) is 20.0. The highest BCUT2D eigenvalue weighted by molar-refractivity contribution is 9.10. The van der Waals surface area contributed by atoms with E-state index in [1.54, 1.807) is 24.3 Å². The van der Waals surface area contributed by atoms with E-state index >= 15 is 0 Å². The van der Waals surface area contributed by atoms with Crippen LogP contribution in [0.3, 0.4) is 0 Å². The number of nitrogens with zero attached hydrogens (tertiary/aromatic N) is 2. The van der Waals surface area contributed by atoms with E-state index in [-0.39, 0.29) is 23.8 Å². The number of piperidine rings is 1. The van der Waals surface area contributed by atoms with E-state index in [4.69, 9.17) is 0 Å². The predicted molar refractivity (Wildman–Crippen MR) is 144 cm³/mol. The second kappa shape index (κ2) is 11.7. The van der Waals surface area contributed by atoms with Crippen LogP contribution in [0.4, 0.5) is 26.3 Å². The van der Waals surface area contributed by atoms with Crippen molar-refractivity contribution >= 4 is 15.9 Å². The lowest BCUT2D eigenvalue weighted by Gasteiger charge is -2.51. The van der Waals surface area contributed by atoms with E-state index in [9.17, 15) is 26.3 Å². The van der Waals surface area contributed by atoms with E-state index in [1.165, 1.54) is 12.1 Å². The maximum absolute atomic E-state index is 12.9. The van der Waals surface area contributed by atoms with E-state index in [1.807, 2.05) is 18.2 Å². The Bertz CT molecular complexity index is 1270. The van der Waals surface area contributed by atoms with Gasteiger partial charge in [-0.25, -0.2) is 0 Å². The molecule has 2 aliphatic heterocycles. The number of halogens is 7. The molecule has 2 heterocycles. The first-order chi connectivity index (χ1) is 19.0. The zero-order chi connectivity index (χ0) is 28.5. The largest absolute Gasteiger partial charge is 0.573 e. The molecule has 0 aliphatic carbocycles. The molecule has 3 aromatic carbocycles. The van der Waals surface area contributed by atoms with Gasteiger partial charge in [0, 0.05) is 29.6 Å². The minimum atomic E-state index is -4.73. The fourth-order valence-electron chi connectivity index (χ4n) is 5.80. The van der Waals surface area contributed by atoms with Gasteiger partial charge in [-0.3, -0.25) is 4.90 Å². The van der Waals surface area contributed by atoms with Crippen LogP contribution in [-0.4, -0.2) is 41.8 Å². The summed E-state index contributed by atoms with van der Waals surface area (Å²) in [4.78, 5) is 4.80. The molecule has 0 bridgehead atoms. The van der Waals surface area contributed by atoms with Crippen molar-refractivity contribution < 1.29 is 31.1 Å². The molecule has 214 valence electrons. The maximum atomic E-state index is 12.9. The van der Waals surface area contributed by atoms with Crippen LogP contribution in [0.25, 0.3) is 0 Å². The summed E-state index contributed by atoms with van der Waals surface area (Å²) in [5.41, 5.74) is 2.40. The molecular formula is C30H29BrF6N2O. The van der Waals surface area contributed by atoms with Crippen molar-refractivity contribution in [2.75, 3.05) is 19.6 Å². The average Bonchev–Trinajstić information content (AvgIpc) is 2.90. The zero-order valence-corrected chi connectivity index (χ0v) is 23.1. The minimum Gasteiger partial charge on any atom is -0.406 e. The molecule has 10 heteroatoms. The van der Waals surface area contributed by atoms with Crippen LogP contribution in [-0.2, 0) is 12.7 Å². The van der Waals surface area contributed by atoms with Gasteiger partial charge in [0.15, 0.2) is 0 Å². The summed E-state index contributed by atoms with van der Waals surface area (Å²) in [5.74, 6) is 0.00174. The van der Waals surface area contributed by atoms with Crippen LogP contribution in [0.15, 0.2) is 77.3 Å². The molecule has 3 nitrogen and oxygen atoms in total. The number of benzene rings is 3. The van der Waals surface area contributed by atoms with Gasteiger partial charge in [0.05, 0.1) is 5.56 Å². The first-order valence-corrected chi connectivity index (χ1v) is 14.0. The number of likely N-dealkylation sites (tertiary alicyclic amines) is 2. The summed E-state index contributed by atoms with van der Waals surface area (Å²) in [6.07, 6.45) is -6.42. The standard InChI is InChI=1S/C30H29BrF6N2O/c31-27-4-2-1-3-23(27)18-39-25(17-28(39)22-7-11-26(12-8-22)40-30(35,36)37)19-38-15-13-21(14-16-38)20-5-9-24(10-6-20)29(32,33)34/h1-12,21,25,28H,13-19H2. The lowest BCUT2D eigenvalue weighted by atomic mass is 9.85. The number of ether oxygens (including phenoxy) is 1.